The molecule has 8 aromatic rings. The van der Waals surface area contributed by atoms with E-state index in [1.54, 1.807) is 11.3 Å². The second kappa shape index (κ2) is 9.33. The third-order valence-corrected chi connectivity index (χ3v) is 8.75. The quantitative estimate of drug-likeness (QED) is 0.226. The predicted molar refractivity (Wildman–Crippen MR) is 172 cm³/mol. The van der Waals surface area contributed by atoms with Gasteiger partial charge in [0.05, 0.1) is 0 Å². The first-order valence-corrected chi connectivity index (χ1v) is 14.3. The highest BCUT2D eigenvalue weighted by Crippen LogP contribution is 2.42. The Morgan fingerprint density at radius 2 is 1.12 bits per heavy atom. The van der Waals surface area contributed by atoms with E-state index < -0.39 is 0 Å². The van der Waals surface area contributed by atoms with Gasteiger partial charge in [-0.1, -0.05) is 103 Å². The number of nitrogens with zero attached hydrogens (tertiary/aromatic N) is 2. The van der Waals surface area contributed by atoms with Crippen molar-refractivity contribution in [3.05, 3.63) is 146 Å². The van der Waals surface area contributed by atoms with Crippen molar-refractivity contribution >= 4 is 70.2 Å². The van der Waals surface area contributed by atoms with E-state index in [2.05, 4.69) is 144 Å². The molecule has 0 N–H and O–H groups in total. The standard InChI is InChI=1S/C37H24N2S/c1-2-8-25(9-3-1)27-14-17-30(18-15-27)39(31-19-16-26-10-4-5-11-28(26)22-31)32-20-21-34-35(23-32)40-37-36(34)33-13-7-6-12-29(33)24-38-37/h1-24H. The maximum atomic E-state index is 4.81. The number of benzene rings is 6. The fraction of sp³-hybridized carbons (Fsp3) is 0. The van der Waals surface area contributed by atoms with Gasteiger partial charge in [-0.25, -0.2) is 4.98 Å². The summed E-state index contributed by atoms with van der Waals surface area (Å²) in [6.07, 6.45) is 1.99. The van der Waals surface area contributed by atoms with Crippen molar-refractivity contribution in [1.82, 2.24) is 4.98 Å². The zero-order valence-corrected chi connectivity index (χ0v) is 22.5. The Hall–Kier alpha value is -4.99. The summed E-state index contributed by atoms with van der Waals surface area (Å²) in [5, 5.41) is 7.40. The number of hydrogen-bond donors (Lipinski definition) is 0. The van der Waals surface area contributed by atoms with Crippen molar-refractivity contribution in [3.8, 4) is 11.1 Å². The van der Waals surface area contributed by atoms with Crippen LogP contribution < -0.4 is 4.90 Å². The van der Waals surface area contributed by atoms with E-state index in [0.29, 0.717) is 0 Å². The summed E-state index contributed by atoms with van der Waals surface area (Å²) >= 11 is 1.76. The lowest BCUT2D eigenvalue weighted by molar-refractivity contribution is 1.30. The number of hydrogen-bond acceptors (Lipinski definition) is 3. The first-order chi connectivity index (χ1) is 19.8. The SMILES string of the molecule is c1ccc(-c2ccc(N(c3ccc4ccccc4c3)c3ccc4c(c3)sc3ncc5ccccc5c34)cc2)cc1. The molecule has 0 bridgehead atoms. The van der Waals surface area contributed by atoms with Gasteiger partial charge in [-0.3, -0.25) is 0 Å². The zero-order valence-electron chi connectivity index (χ0n) is 21.7. The topological polar surface area (TPSA) is 16.1 Å². The molecule has 2 nitrogen and oxygen atoms in total. The van der Waals surface area contributed by atoms with Crippen LogP contribution in [-0.2, 0) is 0 Å². The summed E-state index contributed by atoms with van der Waals surface area (Å²) in [5.41, 5.74) is 5.82. The maximum absolute atomic E-state index is 4.81. The molecule has 6 aromatic carbocycles. The van der Waals surface area contributed by atoms with Crippen LogP contribution in [0.2, 0.25) is 0 Å². The molecule has 8 rings (SSSR count). The normalized spacial score (nSPS) is 11.5. The molecule has 2 heterocycles. The molecule has 0 radical (unpaired) electrons. The summed E-state index contributed by atoms with van der Waals surface area (Å²) in [7, 11) is 0. The molecule has 0 saturated carbocycles. The van der Waals surface area contributed by atoms with E-state index in [1.165, 1.54) is 48.1 Å². The van der Waals surface area contributed by atoms with Crippen molar-refractivity contribution in [2.45, 2.75) is 0 Å². The van der Waals surface area contributed by atoms with Crippen molar-refractivity contribution in [3.63, 3.8) is 0 Å². The molecule has 0 spiro atoms. The number of aromatic nitrogens is 1. The van der Waals surface area contributed by atoms with E-state index in [0.717, 1.165) is 21.9 Å². The van der Waals surface area contributed by atoms with Crippen LogP contribution >= 0.6 is 11.3 Å². The van der Waals surface area contributed by atoms with Gasteiger partial charge in [0, 0.05) is 44.1 Å². The predicted octanol–water partition coefficient (Wildman–Crippen LogP) is 10.9. The summed E-state index contributed by atoms with van der Waals surface area (Å²) in [4.78, 5) is 8.25. The van der Waals surface area contributed by atoms with Gasteiger partial charge in [-0.2, -0.15) is 0 Å². The minimum absolute atomic E-state index is 1.08. The van der Waals surface area contributed by atoms with Crippen LogP contribution in [0, 0.1) is 0 Å². The number of pyridine rings is 1. The first-order valence-electron chi connectivity index (χ1n) is 13.5. The molecular weight excluding hydrogens is 504 g/mol. The zero-order chi connectivity index (χ0) is 26.5. The molecule has 0 unspecified atom stereocenters. The largest absolute Gasteiger partial charge is 0.310 e. The van der Waals surface area contributed by atoms with E-state index in [4.69, 9.17) is 4.98 Å². The van der Waals surface area contributed by atoms with Gasteiger partial charge >= 0.3 is 0 Å². The Balaban J connectivity index is 1.31. The summed E-state index contributed by atoms with van der Waals surface area (Å²) in [6.45, 7) is 0. The van der Waals surface area contributed by atoms with Crippen LogP contribution in [0.4, 0.5) is 17.1 Å². The Kier molecular flexibility index (Phi) is 5.35. The Morgan fingerprint density at radius 1 is 0.475 bits per heavy atom. The molecule has 0 fully saturated rings. The van der Waals surface area contributed by atoms with Crippen molar-refractivity contribution in [2.75, 3.05) is 4.90 Å². The van der Waals surface area contributed by atoms with Crippen LogP contribution in [-0.4, -0.2) is 4.98 Å². The van der Waals surface area contributed by atoms with Gasteiger partial charge < -0.3 is 4.90 Å². The molecule has 0 aliphatic heterocycles. The third-order valence-electron chi connectivity index (χ3n) is 7.69. The van der Waals surface area contributed by atoms with Crippen LogP contribution in [0.5, 0.6) is 0 Å². The van der Waals surface area contributed by atoms with Crippen LogP contribution in [0.1, 0.15) is 0 Å². The van der Waals surface area contributed by atoms with Gasteiger partial charge in [0.15, 0.2) is 0 Å². The Labute approximate surface area is 236 Å². The minimum Gasteiger partial charge on any atom is -0.310 e. The second-order valence-electron chi connectivity index (χ2n) is 10.1. The second-order valence-corrected chi connectivity index (χ2v) is 11.1. The average Bonchev–Trinajstić information content (AvgIpc) is 3.40. The van der Waals surface area contributed by atoms with Crippen LogP contribution in [0.3, 0.4) is 0 Å². The molecule has 0 amide bonds. The highest BCUT2D eigenvalue weighted by Gasteiger charge is 2.16. The first kappa shape index (κ1) is 22.9. The number of thiophene rings is 1. The lowest BCUT2D eigenvalue weighted by atomic mass is 10.0. The average molecular weight is 529 g/mol. The molecule has 0 aliphatic carbocycles. The highest BCUT2D eigenvalue weighted by atomic mass is 32.1. The van der Waals surface area contributed by atoms with Gasteiger partial charge in [0.1, 0.15) is 4.83 Å². The molecule has 0 atom stereocenters. The van der Waals surface area contributed by atoms with Crippen molar-refractivity contribution in [1.29, 1.82) is 0 Å². The van der Waals surface area contributed by atoms with Gasteiger partial charge in [-0.15, -0.1) is 11.3 Å². The minimum atomic E-state index is 1.08. The molecule has 188 valence electrons. The van der Waals surface area contributed by atoms with Crippen molar-refractivity contribution < 1.29 is 0 Å². The smallest absolute Gasteiger partial charge is 0.125 e. The fourth-order valence-electron chi connectivity index (χ4n) is 5.72. The monoisotopic (exact) mass is 528 g/mol. The van der Waals surface area contributed by atoms with Crippen molar-refractivity contribution in [2.24, 2.45) is 0 Å². The maximum Gasteiger partial charge on any atom is 0.125 e. The van der Waals surface area contributed by atoms with Crippen LogP contribution in [0.15, 0.2) is 146 Å². The fourth-order valence-corrected chi connectivity index (χ4v) is 6.82. The van der Waals surface area contributed by atoms with Gasteiger partial charge in [0.2, 0.25) is 0 Å². The molecule has 2 aromatic heterocycles. The number of anilines is 3. The summed E-state index contributed by atoms with van der Waals surface area (Å²) in [5.74, 6) is 0. The van der Waals surface area contributed by atoms with E-state index in [9.17, 15) is 0 Å². The van der Waals surface area contributed by atoms with Gasteiger partial charge in [-0.05, 0) is 63.7 Å². The lowest BCUT2D eigenvalue weighted by Gasteiger charge is -2.26. The molecule has 3 heteroatoms. The molecule has 40 heavy (non-hydrogen) atoms. The van der Waals surface area contributed by atoms with Crippen LogP contribution in [0.25, 0.3) is 53.0 Å². The molecule has 0 saturated heterocycles. The summed E-state index contributed by atoms with van der Waals surface area (Å²) in [6, 6.07) is 50.0. The van der Waals surface area contributed by atoms with E-state index in [-0.39, 0.29) is 0 Å². The highest BCUT2D eigenvalue weighted by molar-refractivity contribution is 7.25. The molecule has 0 aliphatic rings. The van der Waals surface area contributed by atoms with Gasteiger partial charge in [0.25, 0.3) is 0 Å². The Bertz CT molecular complexity index is 2160. The third kappa shape index (κ3) is 3.83. The van der Waals surface area contributed by atoms with E-state index >= 15 is 0 Å². The lowest BCUT2D eigenvalue weighted by Crippen LogP contribution is -2.09. The summed E-state index contributed by atoms with van der Waals surface area (Å²) < 4.78 is 1.24. The Morgan fingerprint density at radius 3 is 1.98 bits per heavy atom. The number of fused-ring (bicyclic) bond motifs is 6. The number of rotatable bonds is 4. The van der Waals surface area contributed by atoms with E-state index in [1.807, 2.05) is 6.20 Å². The molecular formula is C37H24N2S.